The minimum Gasteiger partial charge on any atom is -0.494 e. The van der Waals surface area contributed by atoms with Gasteiger partial charge in [0, 0.05) is 5.56 Å². The van der Waals surface area contributed by atoms with Crippen molar-refractivity contribution in [3.8, 4) is 17.2 Å². The van der Waals surface area contributed by atoms with Crippen LogP contribution in [0.5, 0.6) is 17.2 Å². The summed E-state index contributed by atoms with van der Waals surface area (Å²) in [5.41, 5.74) is 3.48. The second kappa shape index (κ2) is 14.8. The number of methoxy groups -OCH3 is 1. The average Bonchev–Trinajstić information content (AvgIpc) is 3.42. The number of thiazole rings is 1. The van der Waals surface area contributed by atoms with Crippen LogP contribution in [0, 0.1) is 0 Å². The van der Waals surface area contributed by atoms with E-state index < -0.39 is 12.0 Å². The summed E-state index contributed by atoms with van der Waals surface area (Å²) in [6, 6.07) is 29.3. The molecule has 244 valence electrons. The standard InChI is InChI=1S/C38H33ClN2O6S/c1-4-45-28-18-16-27(17-19-28)34-32(37(43)46-5-2)33(26-14-10-7-11-15-26)40-38-41(34)36(42)31(48-38)22-25-20-29(39)35(30(21-25)44-3)47-23-24-12-8-6-9-13-24/h6-22,34H,4-5,23H2,1-3H3/b31-22-/t34-/m1/s1. The van der Waals surface area contributed by atoms with E-state index in [4.69, 9.17) is 35.5 Å². The molecule has 0 N–H and O–H groups in total. The van der Waals surface area contributed by atoms with Crippen molar-refractivity contribution in [1.82, 2.24) is 4.57 Å². The molecule has 0 bridgehead atoms. The van der Waals surface area contributed by atoms with Crippen LogP contribution >= 0.6 is 22.9 Å². The molecular formula is C38H33ClN2O6S. The van der Waals surface area contributed by atoms with Crippen LogP contribution in [0.25, 0.3) is 11.8 Å². The number of ether oxygens (including phenoxy) is 4. The first-order chi connectivity index (χ1) is 23.4. The van der Waals surface area contributed by atoms with Gasteiger partial charge in [0.2, 0.25) is 0 Å². The van der Waals surface area contributed by atoms with Crippen LogP contribution in [0.3, 0.4) is 0 Å². The number of benzene rings is 4. The summed E-state index contributed by atoms with van der Waals surface area (Å²) in [6.45, 7) is 4.65. The first-order valence-electron chi connectivity index (χ1n) is 15.5. The van der Waals surface area contributed by atoms with Gasteiger partial charge in [0.1, 0.15) is 12.4 Å². The molecule has 0 amide bonds. The molecule has 5 aromatic rings. The highest BCUT2D eigenvalue weighted by atomic mass is 35.5. The van der Waals surface area contributed by atoms with Crippen LogP contribution in [0.2, 0.25) is 5.02 Å². The molecule has 8 nitrogen and oxygen atoms in total. The predicted molar refractivity (Wildman–Crippen MR) is 187 cm³/mol. The van der Waals surface area contributed by atoms with Gasteiger partial charge in [-0.2, -0.15) is 0 Å². The van der Waals surface area contributed by atoms with E-state index in [2.05, 4.69) is 0 Å². The van der Waals surface area contributed by atoms with Gasteiger partial charge < -0.3 is 18.9 Å². The number of nitrogens with zero attached hydrogens (tertiary/aromatic N) is 2. The topological polar surface area (TPSA) is 88.4 Å². The Balaban J connectivity index is 1.50. The summed E-state index contributed by atoms with van der Waals surface area (Å²) in [7, 11) is 1.54. The number of hydrogen-bond donors (Lipinski definition) is 0. The highest BCUT2D eigenvalue weighted by Crippen LogP contribution is 2.38. The number of fused-ring (bicyclic) bond motifs is 1. The minimum absolute atomic E-state index is 0.165. The third-order valence-electron chi connectivity index (χ3n) is 7.66. The Morgan fingerprint density at radius 2 is 1.65 bits per heavy atom. The monoisotopic (exact) mass is 680 g/mol. The number of halogens is 1. The van der Waals surface area contributed by atoms with E-state index in [-0.39, 0.29) is 17.7 Å². The average molecular weight is 681 g/mol. The van der Waals surface area contributed by atoms with Gasteiger partial charge in [-0.15, -0.1) is 0 Å². The zero-order valence-corrected chi connectivity index (χ0v) is 28.2. The molecule has 0 spiro atoms. The van der Waals surface area contributed by atoms with Crippen LogP contribution in [0.4, 0.5) is 0 Å². The van der Waals surface area contributed by atoms with E-state index in [0.717, 1.165) is 11.1 Å². The van der Waals surface area contributed by atoms with Crippen LogP contribution < -0.4 is 29.1 Å². The van der Waals surface area contributed by atoms with Crippen LogP contribution in [-0.2, 0) is 16.1 Å². The third-order valence-corrected chi connectivity index (χ3v) is 8.92. The molecule has 48 heavy (non-hydrogen) atoms. The summed E-state index contributed by atoms with van der Waals surface area (Å²) in [4.78, 5) is 33.4. The maximum absolute atomic E-state index is 14.3. The lowest BCUT2D eigenvalue weighted by Gasteiger charge is -2.26. The fraction of sp³-hybridized carbons (Fsp3) is 0.184. The first kappa shape index (κ1) is 32.8. The molecule has 0 saturated carbocycles. The van der Waals surface area contributed by atoms with Crippen molar-refractivity contribution in [3.63, 3.8) is 0 Å². The van der Waals surface area contributed by atoms with E-state index in [1.165, 1.54) is 18.4 Å². The molecule has 6 rings (SSSR count). The van der Waals surface area contributed by atoms with Crippen molar-refractivity contribution in [2.75, 3.05) is 20.3 Å². The molecule has 1 aliphatic heterocycles. The smallest absolute Gasteiger partial charge is 0.338 e. The molecule has 10 heteroatoms. The van der Waals surface area contributed by atoms with Gasteiger partial charge in [-0.05, 0) is 60.9 Å². The van der Waals surface area contributed by atoms with Crippen molar-refractivity contribution in [1.29, 1.82) is 0 Å². The van der Waals surface area contributed by atoms with Crippen LogP contribution in [-0.4, -0.2) is 30.9 Å². The van der Waals surface area contributed by atoms with E-state index in [1.807, 2.05) is 91.9 Å². The van der Waals surface area contributed by atoms with E-state index in [1.54, 1.807) is 29.7 Å². The van der Waals surface area contributed by atoms with Crippen LogP contribution in [0.1, 0.15) is 42.1 Å². The summed E-state index contributed by atoms with van der Waals surface area (Å²) < 4.78 is 24.8. The van der Waals surface area contributed by atoms with Gasteiger partial charge in [-0.3, -0.25) is 9.36 Å². The minimum atomic E-state index is -0.805. The largest absolute Gasteiger partial charge is 0.494 e. The van der Waals surface area contributed by atoms with Crippen molar-refractivity contribution in [3.05, 3.63) is 150 Å². The van der Waals surface area contributed by atoms with Crippen molar-refractivity contribution in [2.45, 2.75) is 26.5 Å². The van der Waals surface area contributed by atoms with E-state index >= 15 is 0 Å². The Bertz CT molecular complexity index is 2140. The van der Waals surface area contributed by atoms with Gasteiger partial charge in [0.15, 0.2) is 16.3 Å². The number of esters is 1. The fourth-order valence-corrected chi connectivity index (χ4v) is 6.79. The highest BCUT2D eigenvalue weighted by molar-refractivity contribution is 7.07. The number of carbonyl (C=O) groups excluding carboxylic acids is 1. The molecule has 1 atom stereocenters. The second-order valence-corrected chi connectivity index (χ2v) is 12.2. The quantitative estimate of drug-likeness (QED) is 0.147. The van der Waals surface area contributed by atoms with Crippen molar-refractivity contribution < 1.29 is 23.7 Å². The molecule has 0 unspecified atom stereocenters. The van der Waals surface area contributed by atoms with Gasteiger partial charge in [0.25, 0.3) is 5.56 Å². The van der Waals surface area contributed by atoms with Gasteiger partial charge in [0.05, 0.1) is 47.2 Å². The number of carbonyl (C=O) groups is 1. The summed E-state index contributed by atoms with van der Waals surface area (Å²) in [5.74, 6) is 0.973. The normalized spacial score (nSPS) is 14.2. The predicted octanol–water partition coefficient (Wildman–Crippen LogP) is 6.58. The molecule has 4 aromatic carbocycles. The van der Waals surface area contributed by atoms with Crippen molar-refractivity contribution in [2.24, 2.45) is 4.99 Å². The molecule has 1 aromatic heterocycles. The maximum Gasteiger partial charge on any atom is 0.338 e. The van der Waals surface area contributed by atoms with E-state index in [0.29, 0.717) is 61.6 Å². The Labute approximate surface area is 286 Å². The molecule has 0 radical (unpaired) electrons. The summed E-state index contributed by atoms with van der Waals surface area (Å²) >= 11 is 7.93. The number of hydrogen-bond acceptors (Lipinski definition) is 8. The number of rotatable bonds is 11. The fourth-order valence-electron chi connectivity index (χ4n) is 5.51. The lowest BCUT2D eigenvalue weighted by molar-refractivity contribution is -0.138. The Morgan fingerprint density at radius 3 is 2.31 bits per heavy atom. The molecule has 0 fully saturated rings. The molecule has 2 heterocycles. The third kappa shape index (κ3) is 6.79. The second-order valence-electron chi connectivity index (χ2n) is 10.7. The molecule has 0 saturated heterocycles. The number of aromatic nitrogens is 1. The highest BCUT2D eigenvalue weighted by Gasteiger charge is 2.35. The zero-order chi connectivity index (χ0) is 33.6. The van der Waals surface area contributed by atoms with E-state index in [9.17, 15) is 9.59 Å². The molecule has 1 aliphatic rings. The lowest BCUT2D eigenvalue weighted by Crippen LogP contribution is -2.40. The summed E-state index contributed by atoms with van der Waals surface area (Å²) in [5, 5.41) is 0.340. The van der Waals surface area contributed by atoms with Gasteiger partial charge in [-0.1, -0.05) is 95.7 Å². The van der Waals surface area contributed by atoms with Gasteiger partial charge >= 0.3 is 5.97 Å². The Kier molecular flexibility index (Phi) is 10.1. The van der Waals surface area contributed by atoms with Crippen molar-refractivity contribution >= 4 is 40.7 Å². The SMILES string of the molecule is CCOC(=O)C1=C(c2ccccc2)N=c2s/c(=C\c3cc(Cl)c(OCc4ccccc4)c(OC)c3)c(=O)n2[C@@H]1c1ccc(OCC)cc1. The Hall–Kier alpha value is -5.12. The zero-order valence-electron chi connectivity index (χ0n) is 26.6. The Morgan fingerprint density at radius 1 is 0.938 bits per heavy atom. The molecular weight excluding hydrogens is 648 g/mol. The summed E-state index contributed by atoms with van der Waals surface area (Å²) in [6.07, 6.45) is 1.74. The maximum atomic E-state index is 14.3. The first-order valence-corrected chi connectivity index (χ1v) is 16.7. The lowest BCUT2D eigenvalue weighted by atomic mass is 9.93. The molecule has 0 aliphatic carbocycles. The van der Waals surface area contributed by atoms with Gasteiger partial charge in [-0.25, -0.2) is 9.79 Å². The van der Waals surface area contributed by atoms with Crippen LogP contribution in [0.15, 0.2) is 112 Å².